The topological polar surface area (TPSA) is 66.5 Å². The van der Waals surface area contributed by atoms with Gasteiger partial charge in [0.25, 0.3) is 0 Å². The van der Waals surface area contributed by atoms with Gasteiger partial charge in [0.1, 0.15) is 0 Å². The fraction of sp³-hybridized carbons (Fsp3) is 0.278. The molecule has 0 bridgehead atoms. The van der Waals surface area contributed by atoms with Gasteiger partial charge in [-0.2, -0.15) is 4.31 Å². The maximum absolute atomic E-state index is 12.7. The molecule has 0 aliphatic carbocycles. The van der Waals surface area contributed by atoms with Gasteiger partial charge in [-0.15, -0.1) is 0 Å². The number of nitrogens with one attached hydrogen (secondary N) is 1. The molecule has 0 unspecified atom stereocenters. The normalized spacial score (nSPS) is 11.5. The number of amides is 1. The minimum atomic E-state index is -3.69. The van der Waals surface area contributed by atoms with E-state index < -0.39 is 10.0 Å². The molecule has 0 aliphatic rings. The van der Waals surface area contributed by atoms with Crippen molar-refractivity contribution in [3.05, 3.63) is 59.7 Å². The Morgan fingerprint density at radius 1 is 0.958 bits per heavy atom. The van der Waals surface area contributed by atoms with Crippen molar-refractivity contribution in [1.82, 2.24) is 4.31 Å². The molecule has 0 aromatic heterocycles. The van der Waals surface area contributed by atoms with Crippen LogP contribution in [0.1, 0.15) is 18.1 Å². The van der Waals surface area contributed by atoms with Crippen LogP contribution in [-0.4, -0.2) is 31.7 Å². The average molecular weight is 346 g/mol. The second kappa shape index (κ2) is 7.59. The molecule has 2 aromatic rings. The number of carbonyl (C=O) groups excluding carboxylic acids is 1. The minimum Gasteiger partial charge on any atom is -0.325 e. The Hall–Kier alpha value is -2.18. The number of hydrogen-bond donors (Lipinski definition) is 1. The third-order valence-corrected chi connectivity index (χ3v) is 5.60. The predicted octanol–water partition coefficient (Wildman–Crippen LogP) is 2.95. The number of likely N-dealkylation sites (N-methyl/N-ethyl adjacent to an activating group) is 1. The standard InChI is InChI=1S/C18H22N2O3S/c1-4-20(24(22,23)17-11-7-15(3)8-12-17)13-18(21)19-16-9-5-14(2)6-10-16/h5-12H,4,13H2,1-3H3,(H,19,21). The summed E-state index contributed by atoms with van der Waals surface area (Å²) in [4.78, 5) is 12.4. The van der Waals surface area contributed by atoms with Crippen molar-refractivity contribution in [3.63, 3.8) is 0 Å². The second-order valence-electron chi connectivity index (χ2n) is 5.66. The third kappa shape index (κ3) is 4.43. The van der Waals surface area contributed by atoms with Gasteiger partial charge in [-0.1, -0.05) is 42.3 Å². The van der Waals surface area contributed by atoms with Gasteiger partial charge in [-0.25, -0.2) is 8.42 Å². The largest absolute Gasteiger partial charge is 0.325 e. The number of aryl methyl sites for hydroxylation is 2. The number of carbonyl (C=O) groups is 1. The molecule has 0 atom stereocenters. The van der Waals surface area contributed by atoms with E-state index in [-0.39, 0.29) is 23.9 Å². The SMILES string of the molecule is CCN(CC(=O)Nc1ccc(C)cc1)S(=O)(=O)c1ccc(C)cc1. The number of anilines is 1. The fourth-order valence-corrected chi connectivity index (χ4v) is 3.63. The van der Waals surface area contributed by atoms with E-state index in [9.17, 15) is 13.2 Å². The summed E-state index contributed by atoms with van der Waals surface area (Å²) in [5.41, 5.74) is 2.72. The van der Waals surface area contributed by atoms with Crippen LogP contribution in [0.15, 0.2) is 53.4 Å². The molecule has 0 fully saturated rings. The van der Waals surface area contributed by atoms with Gasteiger partial charge < -0.3 is 5.32 Å². The zero-order chi connectivity index (χ0) is 17.7. The van der Waals surface area contributed by atoms with Crippen molar-refractivity contribution >= 4 is 21.6 Å². The van der Waals surface area contributed by atoms with Crippen molar-refractivity contribution < 1.29 is 13.2 Å². The summed E-state index contributed by atoms with van der Waals surface area (Å²) in [6.45, 7) is 5.56. The highest BCUT2D eigenvalue weighted by atomic mass is 32.2. The first kappa shape index (κ1) is 18.2. The first-order chi connectivity index (χ1) is 11.3. The van der Waals surface area contributed by atoms with Crippen molar-refractivity contribution in [2.45, 2.75) is 25.7 Å². The number of rotatable bonds is 6. The fourth-order valence-electron chi connectivity index (χ4n) is 2.22. The molecule has 6 heteroatoms. The molecule has 0 spiro atoms. The van der Waals surface area contributed by atoms with Crippen LogP contribution in [0.3, 0.4) is 0 Å². The van der Waals surface area contributed by atoms with E-state index in [0.717, 1.165) is 11.1 Å². The Morgan fingerprint density at radius 2 is 1.46 bits per heavy atom. The Bertz CT molecular complexity index is 797. The maximum Gasteiger partial charge on any atom is 0.243 e. The molecule has 0 radical (unpaired) electrons. The molecular formula is C18H22N2O3S. The van der Waals surface area contributed by atoms with E-state index in [1.165, 1.54) is 4.31 Å². The van der Waals surface area contributed by atoms with E-state index in [2.05, 4.69) is 5.32 Å². The molecule has 0 aliphatic heterocycles. The Labute approximate surface area is 143 Å². The Morgan fingerprint density at radius 3 is 1.96 bits per heavy atom. The third-order valence-electron chi connectivity index (χ3n) is 3.67. The average Bonchev–Trinajstić information content (AvgIpc) is 2.55. The van der Waals surface area contributed by atoms with Gasteiger partial charge in [0.05, 0.1) is 11.4 Å². The van der Waals surface area contributed by atoms with Gasteiger partial charge >= 0.3 is 0 Å². The number of nitrogens with zero attached hydrogens (tertiary/aromatic N) is 1. The number of sulfonamides is 1. The number of hydrogen-bond acceptors (Lipinski definition) is 3. The first-order valence-corrected chi connectivity index (χ1v) is 9.20. The monoisotopic (exact) mass is 346 g/mol. The van der Waals surface area contributed by atoms with Gasteiger partial charge in [0, 0.05) is 12.2 Å². The van der Waals surface area contributed by atoms with E-state index in [1.807, 2.05) is 26.0 Å². The van der Waals surface area contributed by atoms with Crippen LogP contribution in [-0.2, 0) is 14.8 Å². The molecule has 5 nitrogen and oxygen atoms in total. The highest BCUT2D eigenvalue weighted by Crippen LogP contribution is 2.16. The molecule has 0 heterocycles. The van der Waals surface area contributed by atoms with Crippen LogP contribution in [0.25, 0.3) is 0 Å². The number of benzene rings is 2. The summed E-state index contributed by atoms with van der Waals surface area (Å²) in [7, 11) is -3.69. The summed E-state index contributed by atoms with van der Waals surface area (Å²) >= 11 is 0. The summed E-state index contributed by atoms with van der Waals surface area (Å²) in [5, 5.41) is 2.72. The lowest BCUT2D eigenvalue weighted by Crippen LogP contribution is -2.37. The molecular weight excluding hydrogens is 324 g/mol. The van der Waals surface area contributed by atoms with Crippen LogP contribution in [0.5, 0.6) is 0 Å². The Balaban J connectivity index is 2.11. The quantitative estimate of drug-likeness (QED) is 0.874. The molecule has 2 aromatic carbocycles. The molecule has 24 heavy (non-hydrogen) atoms. The minimum absolute atomic E-state index is 0.193. The molecule has 0 saturated heterocycles. The lowest BCUT2D eigenvalue weighted by molar-refractivity contribution is -0.116. The lowest BCUT2D eigenvalue weighted by Gasteiger charge is -2.20. The summed E-state index contributed by atoms with van der Waals surface area (Å²) < 4.78 is 26.5. The van der Waals surface area contributed by atoms with Gasteiger partial charge in [0.2, 0.25) is 15.9 Å². The van der Waals surface area contributed by atoms with Crippen molar-refractivity contribution in [1.29, 1.82) is 0 Å². The summed E-state index contributed by atoms with van der Waals surface area (Å²) in [6.07, 6.45) is 0. The molecule has 0 saturated carbocycles. The van der Waals surface area contributed by atoms with Crippen LogP contribution < -0.4 is 5.32 Å². The van der Waals surface area contributed by atoms with Crippen LogP contribution >= 0.6 is 0 Å². The van der Waals surface area contributed by atoms with Crippen LogP contribution in [0.4, 0.5) is 5.69 Å². The van der Waals surface area contributed by atoms with Gasteiger partial charge in [0.15, 0.2) is 0 Å². The van der Waals surface area contributed by atoms with Crippen molar-refractivity contribution in [2.24, 2.45) is 0 Å². The first-order valence-electron chi connectivity index (χ1n) is 7.76. The van der Waals surface area contributed by atoms with E-state index in [0.29, 0.717) is 5.69 Å². The highest BCUT2D eigenvalue weighted by molar-refractivity contribution is 7.89. The molecule has 1 N–H and O–H groups in total. The van der Waals surface area contributed by atoms with E-state index in [1.54, 1.807) is 43.3 Å². The van der Waals surface area contributed by atoms with Gasteiger partial charge in [-0.3, -0.25) is 4.79 Å². The second-order valence-corrected chi connectivity index (χ2v) is 7.60. The lowest BCUT2D eigenvalue weighted by atomic mass is 10.2. The van der Waals surface area contributed by atoms with E-state index in [4.69, 9.17) is 0 Å². The summed E-state index contributed by atoms with van der Waals surface area (Å²) in [6, 6.07) is 14.0. The molecule has 128 valence electrons. The van der Waals surface area contributed by atoms with Crippen LogP contribution in [0.2, 0.25) is 0 Å². The predicted molar refractivity (Wildman–Crippen MR) is 95.4 cm³/mol. The molecule has 2 rings (SSSR count). The highest BCUT2D eigenvalue weighted by Gasteiger charge is 2.25. The molecule has 1 amide bonds. The smallest absolute Gasteiger partial charge is 0.243 e. The zero-order valence-electron chi connectivity index (χ0n) is 14.1. The zero-order valence-corrected chi connectivity index (χ0v) is 14.9. The summed E-state index contributed by atoms with van der Waals surface area (Å²) in [5.74, 6) is -0.364. The van der Waals surface area contributed by atoms with Crippen LogP contribution in [0, 0.1) is 13.8 Å². The van der Waals surface area contributed by atoms with Gasteiger partial charge in [-0.05, 0) is 38.1 Å². The van der Waals surface area contributed by atoms with E-state index >= 15 is 0 Å². The van der Waals surface area contributed by atoms with Crippen molar-refractivity contribution in [3.8, 4) is 0 Å². The van der Waals surface area contributed by atoms with Crippen molar-refractivity contribution in [2.75, 3.05) is 18.4 Å². The Kier molecular flexibility index (Phi) is 5.75. The maximum atomic E-state index is 12.7.